The van der Waals surface area contributed by atoms with Gasteiger partial charge in [0, 0.05) is 20.6 Å². The second kappa shape index (κ2) is 6.07. The smallest absolute Gasteiger partial charge is 0.173 e. The minimum atomic E-state index is 0.107. The number of nitrogens with two attached hydrogens (primary N) is 1. The Morgan fingerprint density at radius 1 is 1.11 bits per heavy atom. The molecule has 0 atom stereocenters. The molecule has 0 aromatic heterocycles. The van der Waals surface area contributed by atoms with Gasteiger partial charge in [0.2, 0.25) is 0 Å². The molecule has 0 spiro atoms. The normalized spacial score (nSPS) is 10.3. The van der Waals surface area contributed by atoms with Gasteiger partial charge in [0.05, 0.1) is 5.75 Å². The van der Waals surface area contributed by atoms with Crippen LogP contribution in [-0.4, -0.2) is 11.5 Å². The van der Waals surface area contributed by atoms with Crippen LogP contribution in [0.5, 0.6) is 0 Å². The molecular formula is C14H12BrNOS. The van der Waals surface area contributed by atoms with E-state index in [0.717, 1.165) is 14.9 Å². The van der Waals surface area contributed by atoms with Crippen LogP contribution in [0.15, 0.2) is 57.9 Å². The molecule has 0 bridgehead atoms. The van der Waals surface area contributed by atoms with Gasteiger partial charge in [-0.1, -0.05) is 40.2 Å². The summed E-state index contributed by atoms with van der Waals surface area (Å²) in [6.07, 6.45) is 0. The zero-order valence-corrected chi connectivity index (χ0v) is 12.0. The molecule has 0 aliphatic carbocycles. The van der Waals surface area contributed by atoms with Crippen LogP contribution in [0.4, 0.5) is 5.69 Å². The Kier molecular flexibility index (Phi) is 4.44. The summed E-state index contributed by atoms with van der Waals surface area (Å²) in [6, 6.07) is 15.0. The van der Waals surface area contributed by atoms with Gasteiger partial charge in [0.1, 0.15) is 0 Å². The van der Waals surface area contributed by atoms with Crippen LogP contribution < -0.4 is 5.73 Å². The molecule has 0 unspecified atom stereocenters. The molecule has 0 amide bonds. The number of thioether (sulfide) groups is 1. The highest BCUT2D eigenvalue weighted by molar-refractivity contribution is 9.10. The number of nitrogen functional groups attached to an aromatic ring is 1. The largest absolute Gasteiger partial charge is 0.398 e. The molecule has 0 heterocycles. The summed E-state index contributed by atoms with van der Waals surface area (Å²) < 4.78 is 0.971. The lowest BCUT2D eigenvalue weighted by atomic mass is 10.2. The third-order valence-electron chi connectivity index (χ3n) is 2.44. The molecule has 0 radical (unpaired) electrons. The molecule has 2 aromatic carbocycles. The van der Waals surface area contributed by atoms with Gasteiger partial charge in [-0.2, -0.15) is 0 Å². The number of hydrogen-bond donors (Lipinski definition) is 1. The van der Waals surface area contributed by atoms with Gasteiger partial charge < -0.3 is 5.73 Å². The molecule has 0 aliphatic heterocycles. The Hall–Kier alpha value is -1.26. The molecule has 0 aliphatic rings. The van der Waals surface area contributed by atoms with E-state index < -0.39 is 0 Å². The molecule has 2 nitrogen and oxygen atoms in total. The summed E-state index contributed by atoms with van der Waals surface area (Å²) in [7, 11) is 0. The highest BCUT2D eigenvalue weighted by atomic mass is 79.9. The number of benzene rings is 2. The maximum Gasteiger partial charge on any atom is 0.173 e. The average Bonchev–Trinajstić information content (AvgIpc) is 2.38. The molecule has 18 heavy (non-hydrogen) atoms. The number of Topliss-reactive ketones (excluding diaryl/α,β-unsaturated/α-hetero) is 1. The molecular weight excluding hydrogens is 310 g/mol. The summed E-state index contributed by atoms with van der Waals surface area (Å²) in [5.74, 6) is 0.506. The molecule has 2 N–H and O–H groups in total. The molecule has 92 valence electrons. The van der Waals surface area contributed by atoms with Crippen LogP contribution >= 0.6 is 27.7 Å². The molecule has 2 rings (SSSR count). The summed E-state index contributed by atoms with van der Waals surface area (Å²) >= 11 is 4.81. The maximum atomic E-state index is 12.0. The maximum absolute atomic E-state index is 12.0. The number of carbonyl (C=O) groups is 1. The highest BCUT2D eigenvalue weighted by Crippen LogP contribution is 2.25. The number of anilines is 1. The van der Waals surface area contributed by atoms with Crippen LogP contribution in [0.2, 0.25) is 0 Å². The quantitative estimate of drug-likeness (QED) is 0.525. The number of hydrogen-bond acceptors (Lipinski definition) is 3. The van der Waals surface area contributed by atoms with Crippen molar-refractivity contribution < 1.29 is 4.79 Å². The van der Waals surface area contributed by atoms with Gasteiger partial charge in [-0.3, -0.25) is 4.79 Å². The second-order valence-electron chi connectivity index (χ2n) is 3.76. The van der Waals surface area contributed by atoms with Crippen molar-refractivity contribution in [3.63, 3.8) is 0 Å². The fraction of sp³-hybridized carbons (Fsp3) is 0.0714. The topological polar surface area (TPSA) is 43.1 Å². The van der Waals surface area contributed by atoms with Gasteiger partial charge in [-0.05, 0) is 24.3 Å². The summed E-state index contributed by atoms with van der Waals surface area (Å²) in [5, 5.41) is 0. The number of para-hydroxylation sites is 1. The van der Waals surface area contributed by atoms with Gasteiger partial charge in [-0.15, -0.1) is 11.8 Å². The van der Waals surface area contributed by atoms with E-state index in [1.807, 2.05) is 48.5 Å². The predicted octanol–water partition coefficient (Wildman–Crippen LogP) is 4.01. The average molecular weight is 322 g/mol. The van der Waals surface area contributed by atoms with Crippen LogP contribution in [0.1, 0.15) is 10.4 Å². The first-order valence-electron chi connectivity index (χ1n) is 5.43. The standard InChI is InChI=1S/C14H12BrNOS/c15-11-7-5-10(6-8-11)13(17)9-18-14-4-2-1-3-12(14)16/h1-8H,9,16H2. The minimum Gasteiger partial charge on any atom is -0.398 e. The molecule has 4 heteroatoms. The number of ketones is 1. The number of carbonyl (C=O) groups excluding carboxylic acids is 1. The fourth-order valence-electron chi connectivity index (χ4n) is 1.47. The van der Waals surface area contributed by atoms with Crippen molar-refractivity contribution in [3.05, 3.63) is 58.6 Å². The Balaban J connectivity index is 2.01. The van der Waals surface area contributed by atoms with Crippen molar-refractivity contribution in [2.45, 2.75) is 4.90 Å². The van der Waals surface area contributed by atoms with Crippen LogP contribution in [0.3, 0.4) is 0 Å². The van der Waals surface area contributed by atoms with Crippen molar-refractivity contribution in [2.75, 3.05) is 11.5 Å². The van der Waals surface area contributed by atoms with Crippen molar-refractivity contribution in [1.29, 1.82) is 0 Å². The number of rotatable bonds is 4. The highest BCUT2D eigenvalue weighted by Gasteiger charge is 2.07. The van der Waals surface area contributed by atoms with E-state index in [1.54, 1.807) is 0 Å². The third-order valence-corrected chi connectivity index (χ3v) is 4.06. The van der Waals surface area contributed by atoms with Crippen molar-refractivity contribution in [2.24, 2.45) is 0 Å². The Labute approximate surface area is 119 Å². The second-order valence-corrected chi connectivity index (χ2v) is 5.69. The SMILES string of the molecule is Nc1ccccc1SCC(=O)c1ccc(Br)cc1. The van der Waals surface area contributed by atoms with Gasteiger partial charge in [-0.25, -0.2) is 0 Å². The molecule has 0 saturated carbocycles. The molecule has 0 fully saturated rings. The fourth-order valence-corrected chi connectivity index (χ4v) is 2.60. The summed E-state index contributed by atoms with van der Waals surface area (Å²) in [6.45, 7) is 0. The van der Waals surface area contributed by atoms with E-state index in [1.165, 1.54) is 11.8 Å². The van der Waals surface area contributed by atoms with Crippen LogP contribution in [0, 0.1) is 0 Å². The lowest BCUT2D eigenvalue weighted by Crippen LogP contribution is -2.02. The zero-order chi connectivity index (χ0) is 13.0. The monoisotopic (exact) mass is 321 g/mol. The van der Waals surface area contributed by atoms with E-state index in [2.05, 4.69) is 15.9 Å². The molecule has 2 aromatic rings. The van der Waals surface area contributed by atoms with E-state index in [9.17, 15) is 4.79 Å². The Morgan fingerprint density at radius 2 is 1.78 bits per heavy atom. The van der Waals surface area contributed by atoms with Crippen LogP contribution in [0.25, 0.3) is 0 Å². The third kappa shape index (κ3) is 3.37. The first kappa shape index (κ1) is 13.2. The lowest BCUT2D eigenvalue weighted by molar-refractivity contribution is 0.102. The van der Waals surface area contributed by atoms with Crippen molar-refractivity contribution in [1.82, 2.24) is 0 Å². The summed E-state index contributed by atoms with van der Waals surface area (Å²) in [4.78, 5) is 12.9. The Morgan fingerprint density at radius 3 is 2.44 bits per heavy atom. The zero-order valence-electron chi connectivity index (χ0n) is 9.60. The van der Waals surface area contributed by atoms with Gasteiger partial charge in [0.25, 0.3) is 0 Å². The molecule has 0 saturated heterocycles. The van der Waals surface area contributed by atoms with Crippen molar-refractivity contribution in [3.8, 4) is 0 Å². The Bertz CT molecular complexity index is 554. The van der Waals surface area contributed by atoms with Crippen LogP contribution in [-0.2, 0) is 0 Å². The minimum absolute atomic E-state index is 0.107. The predicted molar refractivity (Wildman–Crippen MR) is 80.1 cm³/mol. The van der Waals surface area contributed by atoms with E-state index in [-0.39, 0.29) is 5.78 Å². The van der Waals surface area contributed by atoms with E-state index in [0.29, 0.717) is 11.4 Å². The van der Waals surface area contributed by atoms with Crippen molar-refractivity contribution >= 4 is 39.2 Å². The van der Waals surface area contributed by atoms with Gasteiger partial charge in [0.15, 0.2) is 5.78 Å². The van der Waals surface area contributed by atoms with Gasteiger partial charge >= 0.3 is 0 Å². The van der Waals surface area contributed by atoms with E-state index in [4.69, 9.17) is 5.73 Å². The first-order valence-corrected chi connectivity index (χ1v) is 7.21. The lowest BCUT2D eigenvalue weighted by Gasteiger charge is -2.04. The first-order chi connectivity index (χ1) is 8.66. The van der Waals surface area contributed by atoms with E-state index >= 15 is 0 Å². The number of halogens is 1. The summed E-state index contributed by atoms with van der Waals surface area (Å²) in [5.41, 5.74) is 7.26.